The van der Waals surface area contributed by atoms with E-state index in [-0.39, 0.29) is 12.5 Å². The van der Waals surface area contributed by atoms with Crippen LogP contribution in [0.15, 0.2) is 21.9 Å². The van der Waals surface area contributed by atoms with Crippen LogP contribution in [0.1, 0.15) is 32.1 Å². The summed E-state index contributed by atoms with van der Waals surface area (Å²) in [5.74, 6) is -0.0592. The molecule has 0 unspecified atom stereocenters. The third-order valence-corrected chi connectivity index (χ3v) is 3.41. The van der Waals surface area contributed by atoms with E-state index in [0.29, 0.717) is 0 Å². The minimum absolute atomic E-state index is 0.00435. The fourth-order valence-electron chi connectivity index (χ4n) is 2.31. The normalized spacial score (nSPS) is 16.7. The van der Waals surface area contributed by atoms with Crippen molar-refractivity contribution in [2.45, 2.75) is 38.6 Å². The minimum Gasteiger partial charge on any atom is -0.341 e. The van der Waals surface area contributed by atoms with Gasteiger partial charge in [0.05, 0.1) is 0 Å². The highest BCUT2D eigenvalue weighted by Crippen LogP contribution is 2.10. The molecule has 19 heavy (non-hydrogen) atoms. The molecule has 1 fully saturated rings. The van der Waals surface area contributed by atoms with Crippen LogP contribution in [0.3, 0.4) is 0 Å². The number of hydrogen-bond donors (Lipinski definition) is 1. The van der Waals surface area contributed by atoms with E-state index in [1.165, 1.54) is 23.3 Å². The van der Waals surface area contributed by atoms with Crippen molar-refractivity contribution in [3.63, 3.8) is 0 Å². The first-order valence-electron chi connectivity index (χ1n) is 6.74. The Morgan fingerprint density at radius 2 is 1.74 bits per heavy atom. The van der Waals surface area contributed by atoms with Crippen LogP contribution in [0.5, 0.6) is 0 Å². The lowest BCUT2D eigenvalue weighted by Gasteiger charge is -2.25. The smallest absolute Gasteiger partial charge is 0.328 e. The maximum absolute atomic E-state index is 12.1. The molecule has 1 aromatic rings. The number of rotatable bonds is 2. The molecular formula is C13H19N3O3. The van der Waals surface area contributed by atoms with E-state index in [1.54, 1.807) is 0 Å². The summed E-state index contributed by atoms with van der Waals surface area (Å²) in [6.07, 6.45) is 6.95. The number of nitrogens with one attached hydrogen (secondary N) is 1. The number of carbonyl (C=O) groups excluding carboxylic acids is 1. The van der Waals surface area contributed by atoms with Gasteiger partial charge in [0.25, 0.3) is 5.56 Å². The molecule has 6 heteroatoms. The molecule has 2 rings (SSSR count). The SMILES string of the molecule is O=C(Cn1ccc(=O)[nH]c1=O)N1CCCCCCC1. The van der Waals surface area contributed by atoms with Crippen molar-refractivity contribution < 1.29 is 4.79 Å². The van der Waals surface area contributed by atoms with Crippen molar-refractivity contribution in [3.8, 4) is 0 Å². The molecule has 6 nitrogen and oxygen atoms in total. The molecule has 1 aliphatic heterocycles. The van der Waals surface area contributed by atoms with Gasteiger partial charge >= 0.3 is 5.69 Å². The predicted molar refractivity (Wildman–Crippen MR) is 71.0 cm³/mol. The van der Waals surface area contributed by atoms with Crippen LogP contribution >= 0.6 is 0 Å². The summed E-state index contributed by atoms with van der Waals surface area (Å²) in [5.41, 5.74) is -0.979. The number of amides is 1. The van der Waals surface area contributed by atoms with Crippen LogP contribution in [0.25, 0.3) is 0 Å². The summed E-state index contributed by atoms with van der Waals surface area (Å²) < 4.78 is 1.24. The van der Waals surface area contributed by atoms with E-state index in [1.807, 2.05) is 4.90 Å². The zero-order valence-corrected chi connectivity index (χ0v) is 10.9. The van der Waals surface area contributed by atoms with Gasteiger partial charge in [-0.2, -0.15) is 0 Å². The van der Waals surface area contributed by atoms with E-state index in [4.69, 9.17) is 0 Å². The number of nitrogens with zero attached hydrogens (tertiary/aromatic N) is 2. The highest BCUT2D eigenvalue weighted by atomic mass is 16.2. The number of carbonyl (C=O) groups is 1. The number of aromatic amines is 1. The van der Waals surface area contributed by atoms with E-state index >= 15 is 0 Å². The lowest BCUT2D eigenvalue weighted by molar-refractivity contribution is -0.132. The molecule has 2 heterocycles. The average molecular weight is 265 g/mol. The summed E-state index contributed by atoms with van der Waals surface area (Å²) >= 11 is 0. The van der Waals surface area contributed by atoms with Crippen molar-refractivity contribution >= 4 is 5.91 Å². The van der Waals surface area contributed by atoms with Crippen molar-refractivity contribution in [1.82, 2.24) is 14.5 Å². The Morgan fingerprint density at radius 3 is 2.37 bits per heavy atom. The molecule has 0 atom stereocenters. The van der Waals surface area contributed by atoms with E-state index < -0.39 is 11.2 Å². The summed E-state index contributed by atoms with van der Waals surface area (Å²) in [6.45, 7) is 1.52. The maximum Gasteiger partial charge on any atom is 0.328 e. The Hall–Kier alpha value is -1.85. The van der Waals surface area contributed by atoms with Gasteiger partial charge in [-0.3, -0.25) is 19.1 Å². The first kappa shape index (κ1) is 13.6. The van der Waals surface area contributed by atoms with Crippen LogP contribution in [-0.4, -0.2) is 33.4 Å². The molecule has 104 valence electrons. The van der Waals surface area contributed by atoms with Crippen LogP contribution in [-0.2, 0) is 11.3 Å². The quantitative estimate of drug-likeness (QED) is 0.837. The molecule has 0 saturated carbocycles. The van der Waals surface area contributed by atoms with Crippen LogP contribution < -0.4 is 11.2 Å². The molecule has 0 radical (unpaired) electrons. The van der Waals surface area contributed by atoms with Gasteiger partial charge in [0.1, 0.15) is 6.54 Å². The largest absolute Gasteiger partial charge is 0.341 e. The lowest BCUT2D eigenvalue weighted by Crippen LogP contribution is -2.39. The second-order valence-electron chi connectivity index (χ2n) is 4.89. The molecule has 0 aliphatic carbocycles. The highest BCUT2D eigenvalue weighted by molar-refractivity contribution is 5.75. The van der Waals surface area contributed by atoms with Gasteiger partial charge in [-0.25, -0.2) is 4.79 Å². The van der Waals surface area contributed by atoms with Crippen molar-refractivity contribution in [3.05, 3.63) is 33.1 Å². The van der Waals surface area contributed by atoms with Gasteiger partial charge in [-0.15, -0.1) is 0 Å². The Kier molecular flexibility index (Phi) is 4.54. The van der Waals surface area contributed by atoms with Crippen molar-refractivity contribution in [2.24, 2.45) is 0 Å². The van der Waals surface area contributed by atoms with E-state index in [0.717, 1.165) is 38.8 Å². The van der Waals surface area contributed by atoms with Crippen molar-refractivity contribution in [1.29, 1.82) is 0 Å². The van der Waals surface area contributed by atoms with Crippen LogP contribution in [0, 0.1) is 0 Å². The Balaban J connectivity index is 2.02. The fourth-order valence-corrected chi connectivity index (χ4v) is 2.31. The Bertz CT molecular complexity index is 539. The molecule has 0 spiro atoms. The van der Waals surface area contributed by atoms with Gasteiger partial charge in [0.15, 0.2) is 0 Å². The first-order chi connectivity index (χ1) is 9.16. The summed E-state index contributed by atoms with van der Waals surface area (Å²) in [7, 11) is 0. The van der Waals surface area contributed by atoms with Gasteiger partial charge < -0.3 is 4.90 Å². The summed E-state index contributed by atoms with van der Waals surface area (Å²) in [4.78, 5) is 38.6. The standard InChI is InChI=1S/C13H19N3O3/c17-11-6-9-16(13(19)14-11)10-12(18)15-7-4-2-1-3-5-8-15/h6,9H,1-5,7-8,10H2,(H,14,17,19). The van der Waals surface area contributed by atoms with Gasteiger partial charge in [-0.1, -0.05) is 19.3 Å². The molecule has 1 saturated heterocycles. The van der Waals surface area contributed by atoms with E-state index in [9.17, 15) is 14.4 Å². The van der Waals surface area contributed by atoms with Gasteiger partial charge in [-0.05, 0) is 12.8 Å². The zero-order chi connectivity index (χ0) is 13.7. The highest BCUT2D eigenvalue weighted by Gasteiger charge is 2.15. The zero-order valence-electron chi connectivity index (χ0n) is 10.9. The summed E-state index contributed by atoms with van der Waals surface area (Å²) in [5, 5.41) is 0. The third-order valence-electron chi connectivity index (χ3n) is 3.41. The van der Waals surface area contributed by atoms with Gasteiger partial charge in [0.2, 0.25) is 5.91 Å². The van der Waals surface area contributed by atoms with Crippen LogP contribution in [0.2, 0.25) is 0 Å². The Morgan fingerprint density at radius 1 is 1.11 bits per heavy atom. The monoisotopic (exact) mass is 265 g/mol. The summed E-state index contributed by atoms with van der Waals surface area (Å²) in [6, 6.07) is 1.25. The number of hydrogen-bond acceptors (Lipinski definition) is 3. The maximum atomic E-state index is 12.1. The lowest BCUT2D eigenvalue weighted by atomic mass is 10.1. The first-order valence-corrected chi connectivity index (χ1v) is 6.74. The Labute approximate surface area is 111 Å². The second-order valence-corrected chi connectivity index (χ2v) is 4.89. The molecule has 0 bridgehead atoms. The molecule has 1 amide bonds. The van der Waals surface area contributed by atoms with Gasteiger partial charge in [0, 0.05) is 25.4 Å². The number of aromatic nitrogens is 2. The van der Waals surface area contributed by atoms with E-state index in [2.05, 4.69) is 4.98 Å². The molecule has 0 aromatic carbocycles. The molecule has 1 aromatic heterocycles. The number of likely N-dealkylation sites (tertiary alicyclic amines) is 1. The number of H-pyrrole nitrogens is 1. The fraction of sp³-hybridized carbons (Fsp3) is 0.615. The minimum atomic E-state index is -0.534. The molecule has 1 N–H and O–H groups in total. The predicted octanol–water partition coefficient (Wildman–Crippen LogP) is 0.329. The average Bonchev–Trinajstić information content (AvgIpc) is 2.32. The second kappa shape index (κ2) is 6.36. The topological polar surface area (TPSA) is 75.2 Å². The van der Waals surface area contributed by atoms with Crippen molar-refractivity contribution in [2.75, 3.05) is 13.1 Å². The third kappa shape index (κ3) is 3.81. The van der Waals surface area contributed by atoms with Crippen LogP contribution in [0.4, 0.5) is 0 Å². The molecular weight excluding hydrogens is 246 g/mol. The molecule has 1 aliphatic rings.